The highest BCUT2D eigenvalue weighted by Gasteiger charge is 2.23. The number of ketones is 1. The van der Waals surface area contributed by atoms with Gasteiger partial charge in [-0.1, -0.05) is 0 Å². The van der Waals surface area contributed by atoms with Crippen LogP contribution in [0.5, 0.6) is 0 Å². The van der Waals surface area contributed by atoms with Crippen LogP contribution in [0.15, 0.2) is 24.3 Å². The molecule has 1 aromatic carbocycles. The number of Topliss-reactive ketones (excluding diaryl/α,β-unsaturated/α-hetero) is 1. The topological polar surface area (TPSA) is 97.3 Å². The van der Waals surface area contributed by atoms with Crippen molar-refractivity contribution in [1.82, 2.24) is 4.57 Å². The van der Waals surface area contributed by atoms with Crippen LogP contribution in [0.2, 0.25) is 0 Å². The molecule has 1 amide bonds. The summed E-state index contributed by atoms with van der Waals surface area (Å²) < 4.78 is 2.09. The largest absolute Gasteiger partial charge is 0.396 e. The lowest BCUT2D eigenvalue weighted by Gasteiger charge is -2.18. The summed E-state index contributed by atoms with van der Waals surface area (Å²) in [5, 5.41) is 12.2. The van der Waals surface area contributed by atoms with Gasteiger partial charge in [0, 0.05) is 47.9 Å². The molecule has 0 fully saturated rings. The number of aromatic nitrogens is 1. The Morgan fingerprint density at radius 2 is 2.08 bits per heavy atom. The Balaban J connectivity index is 1.98. The molecule has 3 rings (SSSR count). The Kier molecular flexibility index (Phi) is 5.42. The standard InChI is InChI=1S/C20H25N3O3/c1-13-11-16-18(5-4-6-19(16)25)23(13)14-7-8-15(20(21)26)17(12-14)22-9-2-3-10-24/h7-8,11-12,22,24H,2-6,9-10H2,1H3,(H2,21,26). The Morgan fingerprint density at radius 1 is 1.27 bits per heavy atom. The molecule has 0 saturated heterocycles. The van der Waals surface area contributed by atoms with Gasteiger partial charge in [0.1, 0.15) is 0 Å². The molecular weight excluding hydrogens is 330 g/mol. The molecule has 0 spiro atoms. The molecule has 138 valence electrons. The van der Waals surface area contributed by atoms with Crippen LogP contribution in [0.3, 0.4) is 0 Å². The summed E-state index contributed by atoms with van der Waals surface area (Å²) >= 11 is 0. The Bertz CT molecular complexity index is 839. The van der Waals surface area contributed by atoms with E-state index in [0.717, 1.165) is 41.9 Å². The molecule has 1 aromatic heterocycles. The highest BCUT2D eigenvalue weighted by atomic mass is 16.3. The first kappa shape index (κ1) is 18.2. The van der Waals surface area contributed by atoms with Crippen molar-refractivity contribution >= 4 is 17.4 Å². The number of nitrogens with one attached hydrogen (secondary N) is 1. The number of rotatable bonds is 7. The molecule has 1 aliphatic rings. The van der Waals surface area contributed by atoms with Gasteiger partial charge >= 0.3 is 0 Å². The third-order valence-corrected chi connectivity index (χ3v) is 4.83. The molecule has 1 heterocycles. The van der Waals surface area contributed by atoms with Crippen molar-refractivity contribution in [3.8, 4) is 5.69 Å². The monoisotopic (exact) mass is 355 g/mol. The second-order valence-corrected chi connectivity index (χ2v) is 6.71. The summed E-state index contributed by atoms with van der Waals surface area (Å²) in [6.45, 7) is 2.78. The third kappa shape index (κ3) is 3.51. The number of aliphatic hydroxyl groups is 1. The number of nitrogens with two attached hydrogens (primary N) is 1. The van der Waals surface area contributed by atoms with Gasteiger partial charge in [0.25, 0.3) is 5.91 Å². The van der Waals surface area contributed by atoms with Crippen LogP contribution in [-0.2, 0) is 6.42 Å². The van der Waals surface area contributed by atoms with E-state index in [9.17, 15) is 9.59 Å². The number of hydrogen-bond donors (Lipinski definition) is 3. The van der Waals surface area contributed by atoms with Crippen molar-refractivity contribution in [1.29, 1.82) is 0 Å². The predicted molar refractivity (Wildman–Crippen MR) is 101 cm³/mol. The molecular formula is C20H25N3O3. The minimum atomic E-state index is -0.484. The highest BCUT2D eigenvalue weighted by molar-refractivity contribution is 6.00. The first-order valence-corrected chi connectivity index (χ1v) is 9.06. The van der Waals surface area contributed by atoms with E-state index >= 15 is 0 Å². The van der Waals surface area contributed by atoms with Gasteiger partial charge < -0.3 is 20.7 Å². The van der Waals surface area contributed by atoms with Crippen LogP contribution in [0.25, 0.3) is 5.69 Å². The molecule has 4 N–H and O–H groups in total. The molecule has 26 heavy (non-hydrogen) atoms. The minimum Gasteiger partial charge on any atom is -0.396 e. The van der Waals surface area contributed by atoms with Gasteiger partial charge in [0.15, 0.2) is 5.78 Å². The zero-order valence-electron chi connectivity index (χ0n) is 15.0. The number of carbonyl (C=O) groups excluding carboxylic acids is 2. The number of carbonyl (C=O) groups is 2. The maximum atomic E-state index is 12.2. The van der Waals surface area contributed by atoms with Gasteiger partial charge in [0.2, 0.25) is 0 Å². The van der Waals surface area contributed by atoms with Gasteiger partial charge in [-0.3, -0.25) is 9.59 Å². The van der Waals surface area contributed by atoms with E-state index in [1.165, 1.54) is 0 Å². The van der Waals surface area contributed by atoms with Crippen LogP contribution < -0.4 is 11.1 Å². The fourth-order valence-electron chi connectivity index (χ4n) is 3.58. The number of hydrogen-bond acceptors (Lipinski definition) is 4. The summed E-state index contributed by atoms with van der Waals surface area (Å²) in [7, 11) is 0. The average Bonchev–Trinajstić information content (AvgIpc) is 2.96. The first-order chi connectivity index (χ1) is 12.5. The Hall–Kier alpha value is -2.60. The molecule has 2 aromatic rings. The lowest BCUT2D eigenvalue weighted by Crippen LogP contribution is -2.16. The van der Waals surface area contributed by atoms with E-state index in [4.69, 9.17) is 10.8 Å². The zero-order chi connectivity index (χ0) is 18.7. The molecule has 0 bridgehead atoms. The summed E-state index contributed by atoms with van der Waals surface area (Å²) in [5.74, 6) is -0.285. The van der Waals surface area contributed by atoms with Crippen molar-refractivity contribution in [2.75, 3.05) is 18.5 Å². The van der Waals surface area contributed by atoms with Crippen LogP contribution in [0, 0.1) is 6.92 Å². The SMILES string of the molecule is Cc1cc2c(n1-c1ccc(C(N)=O)c(NCCCCO)c1)CCCC2=O. The number of aryl methyl sites for hydroxylation is 1. The minimum absolute atomic E-state index is 0.146. The van der Waals surface area contributed by atoms with Crippen molar-refractivity contribution in [2.45, 2.75) is 39.0 Å². The average molecular weight is 355 g/mol. The predicted octanol–water partition coefficient (Wildman–Crippen LogP) is 2.59. The molecule has 0 radical (unpaired) electrons. The van der Waals surface area contributed by atoms with Gasteiger partial charge in [-0.2, -0.15) is 0 Å². The highest BCUT2D eigenvalue weighted by Crippen LogP contribution is 2.30. The lowest BCUT2D eigenvalue weighted by atomic mass is 9.96. The number of fused-ring (bicyclic) bond motifs is 1. The van der Waals surface area contributed by atoms with Gasteiger partial charge in [-0.15, -0.1) is 0 Å². The second-order valence-electron chi connectivity index (χ2n) is 6.71. The van der Waals surface area contributed by atoms with Crippen LogP contribution >= 0.6 is 0 Å². The van der Waals surface area contributed by atoms with E-state index in [0.29, 0.717) is 30.6 Å². The van der Waals surface area contributed by atoms with Gasteiger partial charge in [-0.25, -0.2) is 0 Å². The van der Waals surface area contributed by atoms with E-state index in [1.54, 1.807) is 6.07 Å². The maximum absolute atomic E-state index is 12.2. The second kappa shape index (κ2) is 7.74. The van der Waals surface area contributed by atoms with Crippen molar-refractivity contribution in [3.63, 3.8) is 0 Å². The van der Waals surface area contributed by atoms with E-state index < -0.39 is 5.91 Å². The first-order valence-electron chi connectivity index (χ1n) is 9.06. The van der Waals surface area contributed by atoms with Crippen molar-refractivity contribution < 1.29 is 14.7 Å². The number of nitrogens with zero attached hydrogens (tertiary/aromatic N) is 1. The molecule has 0 atom stereocenters. The number of primary amides is 1. The third-order valence-electron chi connectivity index (χ3n) is 4.83. The van der Waals surface area contributed by atoms with Crippen molar-refractivity contribution in [3.05, 3.63) is 46.8 Å². The summed E-state index contributed by atoms with van der Waals surface area (Å²) in [5.41, 5.74) is 10.4. The normalized spacial score (nSPS) is 13.5. The number of benzene rings is 1. The molecule has 1 aliphatic carbocycles. The summed E-state index contributed by atoms with van der Waals surface area (Å²) in [6, 6.07) is 7.45. The van der Waals surface area contributed by atoms with Crippen LogP contribution in [0.1, 0.15) is 57.8 Å². The lowest BCUT2D eigenvalue weighted by molar-refractivity contribution is 0.0970. The summed E-state index contributed by atoms with van der Waals surface area (Å²) in [6.07, 6.45) is 3.83. The fraction of sp³-hybridized carbons (Fsp3) is 0.400. The summed E-state index contributed by atoms with van der Waals surface area (Å²) in [4.78, 5) is 23.9. The smallest absolute Gasteiger partial charge is 0.250 e. The Labute approximate surface area is 153 Å². The Morgan fingerprint density at radius 3 is 2.81 bits per heavy atom. The van der Waals surface area contributed by atoms with Gasteiger partial charge in [0.05, 0.1) is 5.56 Å². The van der Waals surface area contributed by atoms with Crippen LogP contribution in [0.4, 0.5) is 5.69 Å². The maximum Gasteiger partial charge on any atom is 0.250 e. The molecule has 0 unspecified atom stereocenters. The zero-order valence-corrected chi connectivity index (χ0v) is 15.0. The number of unbranched alkanes of at least 4 members (excludes halogenated alkanes) is 1. The van der Waals surface area contributed by atoms with E-state index in [1.807, 2.05) is 25.1 Å². The molecule has 6 heteroatoms. The fourth-order valence-corrected chi connectivity index (χ4v) is 3.58. The molecule has 0 aliphatic heterocycles. The molecule has 6 nitrogen and oxygen atoms in total. The quantitative estimate of drug-likeness (QED) is 0.665. The van der Waals surface area contributed by atoms with Crippen molar-refractivity contribution in [2.24, 2.45) is 5.73 Å². The van der Waals surface area contributed by atoms with E-state index in [2.05, 4.69) is 9.88 Å². The van der Waals surface area contributed by atoms with E-state index in [-0.39, 0.29) is 12.4 Å². The van der Waals surface area contributed by atoms with Gasteiger partial charge in [-0.05, 0) is 56.9 Å². The molecule has 0 saturated carbocycles. The number of anilines is 1. The number of amides is 1. The number of aliphatic hydroxyl groups excluding tert-OH is 1. The van der Waals surface area contributed by atoms with Crippen LogP contribution in [-0.4, -0.2) is 34.5 Å².